The molecule has 3 aliphatic carbocycles. The van der Waals surface area contributed by atoms with Crippen LogP contribution in [0.2, 0.25) is 0 Å². The third-order valence-corrected chi connectivity index (χ3v) is 7.91. The average Bonchev–Trinajstić information content (AvgIpc) is 3.32. The van der Waals surface area contributed by atoms with E-state index < -0.39 is 0 Å². The summed E-state index contributed by atoms with van der Waals surface area (Å²) in [6, 6.07) is 0.310. The Balaban J connectivity index is 1.31. The standard InChI is InChI=1S/C21H28N2O3/c1-12-8-9-22(16-5-3-2-4-15(12)16)17(24)11-23-20(25)18-13-6-7-14(10-13)19(18)21(23)26/h6-7,12-16,18-19H,2-5,8-11H2,1H3. The van der Waals surface area contributed by atoms with Gasteiger partial charge in [-0.15, -0.1) is 0 Å². The van der Waals surface area contributed by atoms with Gasteiger partial charge in [0.25, 0.3) is 0 Å². The van der Waals surface area contributed by atoms with Crippen LogP contribution in [0.1, 0.15) is 45.4 Å². The Hall–Kier alpha value is -1.65. The number of nitrogens with zero attached hydrogens (tertiary/aromatic N) is 2. The summed E-state index contributed by atoms with van der Waals surface area (Å²) in [5, 5.41) is 0. The number of fused-ring (bicyclic) bond motifs is 6. The second-order valence-electron chi connectivity index (χ2n) is 9.13. The van der Waals surface area contributed by atoms with Crippen LogP contribution in [0.3, 0.4) is 0 Å². The van der Waals surface area contributed by atoms with Crippen molar-refractivity contribution in [2.24, 2.45) is 35.5 Å². The Morgan fingerprint density at radius 1 is 1.04 bits per heavy atom. The van der Waals surface area contributed by atoms with E-state index >= 15 is 0 Å². The topological polar surface area (TPSA) is 57.7 Å². The molecule has 0 N–H and O–H groups in total. The van der Waals surface area contributed by atoms with E-state index in [9.17, 15) is 14.4 Å². The van der Waals surface area contributed by atoms with Crippen LogP contribution in [0.4, 0.5) is 0 Å². The number of amides is 3. The average molecular weight is 356 g/mol. The van der Waals surface area contributed by atoms with Crippen molar-refractivity contribution in [2.45, 2.75) is 51.5 Å². The van der Waals surface area contributed by atoms with Crippen molar-refractivity contribution in [3.63, 3.8) is 0 Å². The third-order valence-electron chi connectivity index (χ3n) is 7.91. The lowest BCUT2D eigenvalue weighted by Gasteiger charge is -2.47. The van der Waals surface area contributed by atoms with Gasteiger partial charge in [-0.1, -0.05) is 31.9 Å². The Bertz CT molecular complexity index is 657. The summed E-state index contributed by atoms with van der Waals surface area (Å²) < 4.78 is 0. The first-order valence-corrected chi connectivity index (χ1v) is 10.4. The number of allylic oxidation sites excluding steroid dienone is 2. The molecule has 0 spiro atoms. The van der Waals surface area contributed by atoms with Gasteiger partial charge in [-0.05, 0) is 49.4 Å². The summed E-state index contributed by atoms with van der Waals surface area (Å²) in [5.74, 6) is 1.05. The molecular formula is C21H28N2O3. The lowest BCUT2D eigenvalue weighted by Crippen LogP contribution is -2.55. The highest BCUT2D eigenvalue weighted by atomic mass is 16.2. The predicted molar refractivity (Wildman–Crippen MR) is 95.7 cm³/mol. The van der Waals surface area contributed by atoms with Gasteiger partial charge in [-0.2, -0.15) is 0 Å². The molecule has 2 heterocycles. The van der Waals surface area contributed by atoms with Crippen molar-refractivity contribution in [2.75, 3.05) is 13.1 Å². The quantitative estimate of drug-likeness (QED) is 0.563. The molecule has 0 radical (unpaired) electrons. The Morgan fingerprint density at radius 2 is 1.69 bits per heavy atom. The normalized spacial score (nSPS) is 43.8. The minimum absolute atomic E-state index is 0.0178. The van der Waals surface area contributed by atoms with Gasteiger partial charge < -0.3 is 4.90 Å². The van der Waals surface area contributed by atoms with Crippen LogP contribution in [0.15, 0.2) is 12.2 Å². The number of imide groups is 1. The molecule has 5 rings (SSSR count). The van der Waals surface area contributed by atoms with Crippen molar-refractivity contribution in [3.8, 4) is 0 Å². The van der Waals surface area contributed by atoms with E-state index in [2.05, 4.69) is 19.1 Å². The molecule has 7 atom stereocenters. The number of piperidine rings is 1. The fraction of sp³-hybridized carbons (Fsp3) is 0.762. The van der Waals surface area contributed by atoms with E-state index in [1.807, 2.05) is 4.90 Å². The van der Waals surface area contributed by atoms with Gasteiger partial charge in [-0.3, -0.25) is 19.3 Å². The van der Waals surface area contributed by atoms with E-state index in [0.717, 1.165) is 25.8 Å². The molecule has 5 heteroatoms. The lowest BCUT2D eigenvalue weighted by molar-refractivity contribution is -0.150. The highest BCUT2D eigenvalue weighted by Crippen LogP contribution is 2.52. The van der Waals surface area contributed by atoms with Crippen molar-refractivity contribution >= 4 is 17.7 Å². The van der Waals surface area contributed by atoms with E-state index in [0.29, 0.717) is 17.9 Å². The fourth-order valence-electron chi connectivity index (χ4n) is 6.57. The van der Waals surface area contributed by atoms with Gasteiger partial charge in [0.15, 0.2) is 0 Å². The smallest absolute Gasteiger partial charge is 0.243 e. The zero-order valence-electron chi connectivity index (χ0n) is 15.5. The van der Waals surface area contributed by atoms with E-state index in [1.54, 1.807) is 0 Å². The van der Waals surface area contributed by atoms with Crippen LogP contribution in [-0.2, 0) is 14.4 Å². The molecular weight excluding hydrogens is 328 g/mol. The van der Waals surface area contributed by atoms with Crippen LogP contribution >= 0.6 is 0 Å². The van der Waals surface area contributed by atoms with Crippen LogP contribution in [0.25, 0.3) is 0 Å². The van der Waals surface area contributed by atoms with Gasteiger partial charge in [-0.25, -0.2) is 0 Å². The summed E-state index contributed by atoms with van der Waals surface area (Å²) in [4.78, 5) is 42.0. The zero-order valence-corrected chi connectivity index (χ0v) is 15.5. The monoisotopic (exact) mass is 356 g/mol. The Kier molecular flexibility index (Phi) is 3.77. The first-order valence-electron chi connectivity index (χ1n) is 10.4. The highest BCUT2D eigenvalue weighted by molar-refractivity contribution is 6.08. The van der Waals surface area contributed by atoms with Gasteiger partial charge in [0.05, 0.1) is 11.8 Å². The summed E-state index contributed by atoms with van der Waals surface area (Å²) in [6.45, 7) is 3.04. The molecule has 2 saturated heterocycles. The molecule has 4 fully saturated rings. The van der Waals surface area contributed by atoms with Gasteiger partial charge in [0, 0.05) is 12.6 Å². The van der Waals surface area contributed by atoms with Crippen molar-refractivity contribution in [3.05, 3.63) is 12.2 Å². The highest BCUT2D eigenvalue weighted by Gasteiger charge is 2.59. The number of carbonyl (C=O) groups excluding carboxylic acids is 3. The maximum absolute atomic E-state index is 13.1. The largest absolute Gasteiger partial charge is 0.338 e. The minimum atomic E-state index is -0.200. The SMILES string of the molecule is CC1CCN(C(=O)CN2C(=O)C3C4C=CC(C4)C3C2=O)C2CCCCC12. The second kappa shape index (κ2) is 5.93. The maximum atomic E-state index is 13.1. The predicted octanol–water partition coefficient (Wildman–Crippen LogP) is 2.22. The van der Waals surface area contributed by atoms with Crippen molar-refractivity contribution in [1.82, 2.24) is 9.80 Å². The van der Waals surface area contributed by atoms with Crippen LogP contribution < -0.4 is 0 Å². The molecule has 2 aliphatic heterocycles. The number of hydrogen-bond acceptors (Lipinski definition) is 3. The Morgan fingerprint density at radius 3 is 2.38 bits per heavy atom. The Labute approximate surface area is 154 Å². The number of hydrogen-bond donors (Lipinski definition) is 0. The molecule has 0 aromatic heterocycles. The first-order chi connectivity index (χ1) is 12.6. The lowest BCUT2D eigenvalue weighted by atomic mass is 9.72. The molecule has 26 heavy (non-hydrogen) atoms. The second-order valence-corrected chi connectivity index (χ2v) is 9.13. The minimum Gasteiger partial charge on any atom is -0.338 e. The molecule has 0 aromatic rings. The molecule has 0 aromatic carbocycles. The number of rotatable bonds is 2. The fourth-order valence-corrected chi connectivity index (χ4v) is 6.57. The molecule has 3 amide bonds. The maximum Gasteiger partial charge on any atom is 0.243 e. The van der Waals surface area contributed by atoms with E-state index in [1.165, 1.54) is 24.2 Å². The molecule has 2 bridgehead atoms. The summed E-state index contributed by atoms with van der Waals surface area (Å²) in [7, 11) is 0. The third kappa shape index (κ3) is 2.25. The first kappa shape index (κ1) is 16.5. The molecule has 140 valence electrons. The molecule has 5 aliphatic rings. The van der Waals surface area contributed by atoms with Crippen LogP contribution in [0.5, 0.6) is 0 Å². The van der Waals surface area contributed by atoms with Gasteiger partial charge >= 0.3 is 0 Å². The van der Waals surface area contributed by atoms with Gasteiger partial charge in [0.1, 0.15) is 6.54 Å². The summed E-state index contributed by atoms with van der Waals surface area (Å²) in [6.07, 6.45) is 10.9. The molecule has 5 nitrogen and oxygen atoms in total. The van der Waals surface area contributed by atoms with E-state index in [4.69, 9.17) is 0 Å². The van der Waals surface area contributed by atoms with Crippen molar-refractivity contribution in [1.29, 1.82) is 0 Å². The summed E-state index contributed by atoms with van der Waals surface area (Å²) in [5.41, 5.74) is 0. The number of carbonyl (C=O) groups is 3. The zero-order chi connectivity index (χ0) is 18.0. The van der Waals surface area contributed by atoms with Gasteiger partial charge in [0.2, 0.25) is 17.7 Å². The molecule has 2 saturated carbocycles. The van der Waals surface area contributed by atoms with Crippen molar-refractivity contribution < 1.29 is 14.4 Å². The van der Waals surface area contributed by atoms with Crippen LogP contribution in [0, 0.1) is 35.5 Å². The summed E-state index contributed by atoms with van der Waals surface area (Å²) >= 11 is 0. The number of likely N-dealkylation sites (tertiary alicyclic amines) is 2. The molecule has 7 unspecified atom stereocenters. The van der Waals surface area contributed by atoms with E-state index in [-0.39, 0.29) is 47.9 Å². The van der Waals surface area contributed by atoms with Crippen LogP contribution in [-0.4, -0.2) is 46.7 Å².